The van der Waals surface area contributed by atoms with E-state index in [1.54, 1.807) is 0 Å². The van der Waals surface area contributed by atoms with Gasteiger partial charge in [0.2, 0.25) is 0 Å². The molecule has 1 aliphatic rings. The minimum Gasteiger partial charge on any atom is -0.383 e. The number of amides is 1. The number of hydrogen-bond donors (Lipinski definition) is 2. The zero-order chi connectivity index (χ0) is 17.2. The van der Waals surface area contributed by atoms with Crippen molar-refractivity contribution in [1.82, 2.24) is 10.3 Å². The number of rotatable bonds is 3. The molecule has 0 bridgehead atoms. The van der Waals surface area contributed by atoms with Crippen molar-refractivity contribution >= 4 is 17.4 Å². The van der Waals surface area contributed by atoms with Gasteiger partial charge < -0.3 is 11.1 Å². The first-order chi connectivity index (χ1) is 10.7. The fraction of sp³-hybridized carbons (Fsp3) is 0.625. The topological polar surface area (TPSA) is 111 Å². The van der Waals surface area contributed by atoms with Crippen LogP contribution in [0.25, 0.3) is 0 Å². The van der Waals surface area contributed by atoms with Crippen molar-refractivity contribution in [3.05, 3.63) is 27.9 Å². The van der Waals surface area contributed by atoms with Gasteiger partial charge in [-0.2, -0.15) is 0 Å². The Morgan fingerprint density at radius 1 is 1.35 bits per heavy atom. The number of nitro groups is 1. The van der Waals surface area contributed by atoms with E-state index in [2.05, 4.69) is 31.1 Å². The summed E-state index contributed by atoms with van der Waals surface area (Å²) in [5, 5.41) is 13.7. The molecule has 7 nitrogen and oxygen atoms in total. The average molecular weight is 320 g/mol. The van der Waals surface area contributed by atoms with E-state index in [9.17, 15) is 14.9 Å². The third kappa shape index (κ3) is 4.18. The van der Waals surface area contributed by atoms with Crippen LogP contribution < -0.4 is 11.1 Å². The normalized spacial score (nSPS) is 21.7. The second kappa shape index (κ2) is 6.52. The van der Waals surface area contributed by atoms with Gasteiger partial charge in [-0.3, -0.25) is 14.9 Å². The van der Waals surface area contributed by atoms with Gasteiger partial charge in [-0.25, -0.2) is 4.98 Å². The Kier molecular flexibility index (Phi) is 4.87. The molecule has 1 aliphatic carbocycles. The minimum absolute atomic E-state index is 0.0106. The summed E-state index contributed by atoms with van der Waals surface area (Å²) < 4.78 is 0. The van der Waals surface area contributed by atoms with Crippen LogP contribution in [0.15, 0.2) is 12.3 Å². The molecule has 1 fully saturated rings. The second-order valence-electron chi connectivity index (χ2n) is 7.27. The van der Waals surface area contributed by atoms with Gasteiger partial charge >= 0.3 is 0 Å². The number of nitrogen functional groups attached to an aromatic ring is 1. The highest BCUT2D eigenvalue weighted by Crippen LogP contribution is 2.37. The van der Waals surface area contributed by atoms with E-state index < -0.39 is 10.8 Å². The summed E-state index contributed by atoms with van der Waals surface area (Å²) in [7, 11) is 0. The Morgan fingerprint density at radius 2 is 1.96 bits per heavy atom. The smallest absolute Gasteiger partial charge is 0.288 e. The Labute approximate surface area is 135 Å². The Morgan fingerprint density at radius 3 is 2.48 bits per heavy atom. The van der Waals surface area contributed by atoms with Crippen LogP contribution in [0.2, 0.25) is 0 Å². The van der Waals surface area contributed by atoms with Crippen LogP contribution in [0.5, 0.6) is 0 Å². The van der Waals surface area contributed by atoms with E-state index in [-0.39, 0.29) is 28.5 Å². The van der Waals surface area contributed by atoms with Crippen LogP contribution in [-0.2, 0) is 0 Å². The van der Waals surface area contributed by atoms with Gasteiger partial charge in [-0.05, 0) is 37.0 Å². The van der Waals surface area contributed by atoms with E-state index in [0.717, 1.165) is 31.9 Å². The summed E-state index contributed by atoms with van der Waals surface area (Å²) in [5.74, 6) is 0.273. The SMILES string of the molecule is CC(C)(C)[C@H]1CC[C@H](NC(=O)c2cc([N+](=O)[O-])cnc2N)CC1. The number of carbonyl (C=O) groups is 1. The largest absolute Gasteiger partial charge is 0.383 e. The lowest BCUT2D eigenvalue weighted by atomic mass is 9.71. The van der Waals surface area contributed by atoms with Crippen molar-refractivity contribution in [2.24, 2.45) is 11.3 Å². The molecule has 0 aliphatic heterocycles. The molecule has 126 valence electrons. The monoisotopic (exact) mass is 320 g/mol. The summed E-state index contributed by atoms with van der Waals surface area (Å²) in [6, 6.07) is 1.26. The molecule has 1 aromatic rings. The number of hydrogen-bond acceptors (Lipinski definition) is 5. The zero-order valence-corrected chi connectivity index (χ0v) is 13.8. The molecule has 1 amide bonds. The van der Waals surface area contributed by atoms with Crippen LogP contribution in [0.4, 0.5) is 11.5 Å². The number of carbonyl (C=O) groups excluding carboxylic acids is 1. The molecular formula is C16H24N4O3. The van der Waals surface area contributed by atoms with Crippen LogP contribution >= 0.6 is 0 Å². The molecule has 0 atom stereocenters. The van der Waals surface area contributed by atoms with E-state index in [4.69, 9.17) is 5.73 Å². The van der Waals surface area contributed by atoms with Crippen LogP contribution in [0.3, 0.4) is 0 Å². The molecule has 1 saturated carbocycles. The standard InChI is InChI=1S/C16H24N4O3/c1-16(2,3)10-4-6-11(7-5-10)19-15(21)13-8-12(20(22)23)9-18-14(13)17/h8-11H,4-7H2,1-3H3,(H2,17,18)(H,19,21)/t10-,11-. The van der Waals surface area contributed by atoms with E-state index in [0.29, 0.717) is 5.92 Å². The first-order valence-electron chi connectivity index (χ1n) is 7.89. The number of aromatic nitrogens is 1. The zero-order valence-electron chi connectivity index (χ0n) is 13.8. The minimum atomic E-state index is -0.586. The summed E-state index contributed by atoms with van der Waals surface area (Å²) in [5.41, 5.74) is 5.79. The number of nitrogens with zero attached hydrogens (tertiary/aromatic N) is 2. The second-order valence-corrected chi connectivity index (χ2v) is 7.27. The lowest BCUT2D eigenvalue weighted by Crippen LogP contribution is -2.39. The number of pyridine rings is 1. The predicted molar refractivity (Wildman–Crippen MR) is 88.0 cm³/mol. The molecule has 1 aromatic heterocycles. The fourth-order valence-corrected chi connectivity index (χ4v) is 3.11. The molecule has 1 heterocycles. The van der Waals surface area contributed by atoms with E-state index >= 15 is 0 Å². The molecule has 2 rings (SSSR count). The van der Waals surface area contributed by atoms with Crippen molar-refractivity contribution in [3.63, 3.8) is 0 Å². The van der Waals surface area contributed by atoms with Crippen molar-refractivity contribution in [1.29, 1.82) is 0 Å². The van der Waals surface area contributed by atoms with Crippen LogP contribution in [0.1, 0.15) is 56.8 Å². The highest BCUT2D eigenvalue weighted by atomic mass is 16.6. The fourth-order valence-electron chi connectivity index (χ4n) is 3.11. The molecule has 23 heavy (non-hydrogen) atoms. The highest BCUT2D eigenvalue weighted by Gasteiger charge is 2.30. The summed E-state index contributed by atoms with van der Waals surface area (Å²) in [4.78, 5) is 26.3. The maximum Gasteiger partial charge on any atom is 0.288 e. The van der Waals surface area contributed by atoms with Gasteiger partial charge in [0, 0.05) is 12.1 Å². The van der Waals surface area contributed by atoms with Gasteiger partial charge in [0.05, 0.1) is 10.5 Å². The molecule has 0 saturated heterocycles. The van der Waals surface area contributed by atoms with Crippen LogP contribution in [-0.4, -0.2) is 21.9 Å². The molecule has 3 N–H and O–H groups in total. The average Bonchev–Trinajstić information content (AvgIpc) is 2.47. The lowest BCUT2D eigenvalue weighted by molar-refractivity contribution is -0.385. The Balaban J connectivity index is 2.01. The van der Waals surface area contributed by atoms with Crippen LogP contribution in [0, 0.1) is 21.4 Å². The van der Waals surface area contributed by atoms with Crippen molar-refractivity contribution in [2.75, 3.05) is 5.73 Å². The number of nitrogens with two attached hydrogens (primary N) is 1. The number of nitrogens with one attached hydrogen (secondary N) is 1. The van der Waals surface area contributed by atoms with E-state index in [1.807, 2.05) is 0 Å². The first kappa shape index (κ1) is 17.2. The summed E-state index contributed by atoms with van der Waals surface area (Å²) in [6.45, 7) is 6.73. The quantitative estimate of drug-likeness (QED) is 0.657. The van der Waals surface area contributed by atoms with Crippen molar-refractivity contribution in [2.45, 2.75) is 52.5 Å². The van der Waals surface area contributed by atoms with Gasteiger partial charge in [-0.15, -0.1) is 0 Å². The van der Waals surface area contributed by atoms with Gasteiger partial charge in [0.15, 0.2) is 0 Å². The summed E-state index contributed by atoms with van der Waals surface area (Å²) in [6.07, 6.45) is 5.01. The molecule has 0 radical (unpaired) electrons. The van der Waals surface area contributed by atoms with Gasteiger partial charge in [-0.1, -0.05) is 20.8 Å². The molecule has 0 unspecified atom stereocenters. The van der Waals surface area contributed by atoms with E-state index in [1.165, 1.54) is 6.07 Å². The lowest BCUT2D eigenvalue weighted by Gasteiger charge is -2.37. The predicted octanol–water partition coefficient (Wildman–Crippen LogP) is 2.91. The Hall–Kier alpha value is -2.18. The van der Waals surface area contributed by atoms with Crippen molar-refractivity contribution < 1.29 is 9.72 Å². The third-order valence-electron chi connectivity index (χ3n) is 4.65. The summed E-state index contributed by atoms with van der Waals surface area (Å²) >= 11 is 0. The first-order valence-corrected chi connectivity index (χ1v) is 7.89. The van der Waals surface area contributed by atoms with Gasteiger partial charge in [0.1, 0.15) is 12.0 Å². The Bertz CT molecular complexity index is 602. The highest BCUT2D eigenvalue weighted by molar-refractivity contribution is 5.99. The number of anilines is 1. The molecule has 0 aromatic carbocycles. The maximum absolute atomic E-state index is 12.3. The third-order valence-corrected chi connectivity index (χ3v) is 4.65. The molecular weight excluding hydrogens is 296 g/mol. The maximum atomic E-state index is 12.3. The molecule has 0 spiro atoms. The molecule has 7 heteroatoms. The van der Waals surface area contributed by atoms with Gasteiger partial charge in [0.25, 0.3) is 11.6 Å². The van der Waals surface area contributed by atoms with Crippen molar-refractivity contribution in [3.8, 4) is 0 Å².